The van der Waals surface area contributed by atoms with Crippen LogP contribution in [-0.2, 0) is 24.4 Å². The number of likely N-dealkylation sites (tertiary alicyclic amines) is 1. The lowest BCUT2D eigenvalue weighted by Gasteiger charge is -2.34. The van der Waals surface area contributed by atoms with Gasteiger partial charge in [0.2, 0.25) is 5.91 Å². The van der Waals surface area contributed by atoms with Crippen molar-refractivity contribution >= 4 is 17.5 Å². The maximum absolute atomic E-state index is 14.2. The molecule has 0 aromatic heterocycles. The predicted octanol–water partition coefficient (Wildman–Crippen LogP) is 8.67. The van der Waals surface area contributed by atoms with Gasteiger partial charge in [0.15, 0.2) is 0 Å². The standard InChI is InChI=1S/C46H49ClFN5O4/c1-30-36(6-4-9-41(30)55-19-5-16-53-17-14-46(2,48)15-18-53)37-7-3-8-39-38(37)11-12-42(39)57-44-24-43(56-29-33-21-31(25-49)20-32(22-33)26-50)34(23-40(44)47)27-51-28-35-10-13-45(54)52-35/h3-4,6-9,20-24,35,42,51H,5,10-19,27-29H2,1-2H3,(H,52,54)/t35-,42+/m1/s1. The van der Waals surface area contributed by atoms with Crippen molar-refractivity contribution in [2.24, 2.45) is 0 Å². The summed E-state index contributed by atoms with van der Waals surface area (Å²) >= 11 is 6.93. The van der Waals surface area contributed by atoms with Crippen LogP contribution in [0.1, 0.15) is 90.5 Å². The highest BCUT2D eigenvalue weighted by atomic mass is 35.5. The van der Waals surface area contributed by atoms with Gasteiger partial charge in [-0.15, -0.1) is 0 Å². The van der Waals surface area contributed by atoms with Gasteiger partial charge in [-0.1, -0.05) is 41.9 Å². The molecule has 4 aromatic carbocycles. The van der Waals surface area contributed by atoms with E-state index in [1.165, 1.54) is 5.56 Å². The van der Waals surface area contributed by atoms with E-state index in [0.29, 0.717) is 72.2 Å². The van der Waals surface area contributed by atoms with E-state index in [9.17, 15) is 19.7 Å². The number of nitriles is 2. The summed E-state index contributed by atoms with van der Waals surface area (Å²) in [4.78, 5) is 14.1. The summed E-state index contributed by atoms with van der Waals surface area (Å²) < 4.78 is 33.6. The van der Waals surface area contributed by atoms with Gasteiger partial charge in [-0.2, -0.15) is 10.5 Å². The van der Waals surface area contributed by atoms with Crippen molar-refractivity contribution < 1.29 is 23.4 Å². The molecule has 3 aliphatic rings. The van der Waals surface area contributed by atoms with Gasteiger partial charge in [0, 0.05) is 56.8 Å². The third-order valence-electron chi connectivity index (χ3n) is 11.4. The van der Waals surface area contributed by atoms with Crippen LogP contribution in [-0.4, -0.2) is 55.3 Å². The van der Waals surface area contributed by atoms with Crippen molar-refractivity contribution in [2.45, 2.75) is 89.8 Å². The molecule has 1 aliphatic carbocycles. The number of fused-ring (bicyclic) bond motifs is 1. The van der Waals surface area contributed by atoms with Gasteiger partial charge in [-0.3, -0.25) is 4.79 Å². The Morgan fingerprint density at radius 2 is 1.70 bits per heavy atom. The lowest BCUT2D eigenvalue weighted by molar-refractivity contribution is -0.119. The molecule has 2 heterocycles. The predicted molar refractivity (Wildman–Crippen MR) is 218 cm³/mol. The van der Waals surface area contributed by atoms with Gasteiger partial charge in [-0.05, 0) is 116 Å². The molecule has 57 heavy (non-hydrogen) atoms. The van der Waals surface area contributed by atoms with Crippen LogP contribution in [0.25, 0.3) is 11.1 Å². The molecule has 4 aromatic rings. The zero-order valence-electron chi connectivity index (χ0n) is 32.6. The molecule has 0 spiro atoms. The number of piperidine rings is 1. The van der Waals surface area contributed by atoms with Crippen molar-refractivity contribution in [3.63, 3.8) is 0 Å². The molecule has 1 amide bonds. The van der Waals surface area contributed by atoms with Gasteiger partial charge in [-0.25, -0.2) is 4.39 Å². The summed E-state index contributed by atoms with van der Waals surface area (Å²) in [6.07, 6.45) is 4.76. The van der Waals surface area contributed by atoms with E-state index in [2.05, 4.69) is 58.9 Å². The molecule has 2 saturated heterocycles. The van der Waals surface area contributed by atoms with Crippen molar-refractivity contribution in [1.82, 2.24) is 15.5 Å². The molecule has 0 bridgehead atoms. The molecular formula is C46H49ClFN5O4. The first-order valence-electron chi connectivity index (χ1n) is 19.9. The minimum Gasteiger partial charge on any atom is -0.493 e. The number of ether oxygens (including phenoxy) is 3. The number of carbonyl (C=O) groups is 1. The van der Waals surface area contributed by atoms with Crippen molar-refractivity contribution in [3.8, 4) is 40.5 Å². The molecule has 296 valence electrons. The summed E-state index contributed by atoms with van der Waals surface area (Å²) in [5.74, 6) is 2.00. The second-order valence-corrected chi connectivity index (χ2v) is 16.1. The number of hydrogen-bond donors (Lipinski definition) is 2. The zero-order valence-corrected chi connectivity index (χ0v) is 33.4. The lowest BCUT2D eigenvalue weighted by atomic mass is 9.93. The van der Waals surface area contributed by atoms with Crippen LogP contribution in [0, 0.1) is 29.6 Å². The van der Waals surface area contributed by atoms with Crippen LogP contribution >= 0.6 is 11.6 Å². The molecular weight excluding hydrogens is 741 g/mol. The van der Waals surface area contributed by atoms with Gasteiger partial charge in [0.1, 0.15) is 35.6 Å². The van der Waals surface area contributed by atoms with E-state index in [4.69, 9.17) is 25.8 Å². The Bertz CT molecular complexity index is 2150. The van der Waals surface area contributed by atoms with E-state index >= 15 is 0 Å². The summed E-state index contributed by atoms with van der Waals surface area (Å²) in [5, 5.41) is 25.9. The smallest absolute Gasteiger partial charge is 0.220 e. The van der Waals surface area contributed by atoms with Crippen LogP contribution in [0.15, 0.2) is 66.7 Å². The highest BCUT2D eigenvalue weighted by Crippen LogP contribution is 2.44. The number of amides is 1. The number of nitrogens with zero attached hydrogens (tertiary/aromatic N) is 3. The molecule has 2 fully saturated rings. The first-order chi connectivity index (χ1) is 27.6. The lowest BCUT2D eigenvalue weighted by Crippen LogP contribution is -2.40. The first kappa shape index (κ1) is 40.1. The second-order valence-electron chi connectivity index (χ2n) is 15.7. The first-order valence-corrected chi connectivity index (χ1v) is 20.3. The molecule has 0 saturated carbocycles. The third-order valence-corrected chi connectivity index (χ3v) is 11.7. The molecule has 2 aliphatic heterocycles. The second kappa shape index (κ2) is 18.0. The minimum absolute atomic E-state index is 0.0642. The number of rotatable bonds is 15. The average molecular weight is 790 g/mol. The number of alkyl halides is 1. The molecule has 9 nitrogen and oxygen atoms in total. The van der Waals surface area contributed by atoms with E-state index in [1.54, 1.807) is 25.1 Å². The van der Waals surface area contributed by atoms with Crippen LogP contribution < -0.4 is 24.8 Å². The summed E-state index contributed by atoms with van der Waals surface area (Å²) in [6, 6.07) is 25.5. The van der Waals surface area contributed by atoms with Crippen LogP contribution in [0.5, 0.6) is 17.2 Å². The monoisotopic (exact) mass is 789 g/mol. The van der Waals surface area contributed by atoms with Gasteiger partial charge in [0.25, 0.3) is 0 Å². The Hall–Kier alpha value is -5.13. The topological polar surface area (TPSA) is 120 Å². The molecule has 7 rings (SSSR count). The van der Waals surface area contributed by atoms with Crippen LogP contribution in [0.4, 0.5) is 4.39 Å². The van der Waals surface area contributed by atoms with E-state index in [1.807, 2.05) is 24.3 Å². The number of nitrogens with one attached hydrogen (secondary N) is 2. The molecule has 0 radical (unpaired) electrons. The maximum Gasteiger partial charge on any atom is 0.220 e. The highest BCUT2D eigenvalue weighted by molar-refractivity contribution is 6.32. The Labute approximate surface area is 339 Å². The largest absolute Gasteiger partial charge is 0.493 e. The normalized spacial score (nSPS) is 18.7. The Morgan fingerprint density at radius 1 is 0.947 bits per heavy atom. The van der Waals surface area contributed by atoms with E-state index < -0.39 is 5.67 Å². The Kier molecular flexibility index (Phi) is 12.6. The van der Waals surface area contributed by atoms with Gasteiger partial charge >= 0.3 is 0 Å². The van der Waals surface area contributed by atoms with Gasteiger partial charge < -0.3 is 29.7 Å². The highest BCUT2D eigenvalue weighted by Gasteiger charge is 2.30. The molecule has 0 unspecified atom stereocenters. The SMILES string of the molecule is Cc1c(OCCCN2CCC(C)(F)CC2)cccc1-c1cccc2c1CC[C@@H]2Oc1cc(OCc2cc(C#N)cc(C#N)c2)c(CNC[C@H]2CCC(=O)N2)cc1Cl. The summed E-state index contributed by atoms with van der Waals surface area (Å²) in [5.41, 5.74) is 6.99. The summed E-state index contributed by atoms with van der Waals surface area (Å²) in [6.45, 7) is 8.09. The fraction of sp³-hybridized carbons (Fsp3) is 0.413. The Morgan fingerprint density at radius 3 is 2.44 bits per heavy atom. The average Bonchev–Trinajstić information content (AvgIpc) is 3.83. The van der Waals surface area contributed by atoms with E-state index in [0.717, 1.165) is 78.9 Å². The van der Waals surface area contributed by atoms with Crippen molar-refractivity contribution in [1.29, 1.82) is 10.5 Å². The third kappa shape index (κ3) is 9.88. The van der Waals surface area contributed by atoms with E-state index in [-0.39, 0.29) is 24.7 Å². The number of benzene rings is 4. The molecule has 2 N–H and O–H groups in total. The zero-order chi connectivity index (χ0) is 39.9. The Balaban J connectivity index is 1.06. The fourth-order valence-electron chi connectivity index (χ4n) is 8.14. The quantitative estimate of drug-likeness (QED) is 0.115. The van der Waals surface area contributed by atoms with Crippen LogP contribution in [0.2, 0.25) is 5.02 Å². The maximum atomic E-state index is 14.2. The number of carbonyl (C=O) groups excluding carboxylic acids is 1. The van der Waals surface area contributed by atoms with Crippen molar-refractivity contribution in [2.75, 3.05) is 32.8 Å². The number of halogens is 2. The number of hydrogen-bond acceptors (Lipinski definition) is 8. The molecule has 2 atom stereocenters. The van der Waals surface area contributed by atoms with Gasteiger partial charge in [0.05, 0.1) is 34.9 Å². The molecule has 11 heteroatoms. The van der Waals surface area contributed by atoms with Crippen LogP contribution in [0.3, 0.4) is 0 Å². The van der Waals surface area contributed by atoms with Crippen molar-refractivity contribution in [3.05, 3.63) is 111 Å². The summed E-state index contributed by atoms with van der Waals surface area (Å²) in [7, 11) is 0. The fourth-order valence-corrected chi connectivity index (χ4v) is 8.37. The minimum atomic E-state index is -1.04.